The molecule has 1 fully saturated rings. The van der Waals surface area contributed by atoms with Gasteiger partial charge in [-0.15, -0.1) is 0 Å². The maximum atomic E-state index is 12.5. The van der Waals surface area contributed by atoms with E-state index in [1.54, 1.807) is 18.2 Å². The van der Waals surface area contributed by atoms with Gasteiger partial charge in [-0.3, -0.25) is 19.2 Å². The summed E-state index contributed by atoms with van der Waals surface area (Å²) >= 11 is 0. The number of benzene rings is 1. The number of ether oxygens (including phenoxy) is 2. The SMILES string of the molecule is COC(=O)C[C@@H]1C(=O)NCCN1C(=O)COc1ccc2c(c1)CCC(=O)N2. The zero-order valence-corrected chi connectivity index (χ0v) is 14.9. The van der Waals surface area contributed by atoms with Gasteiger partial charge in [0.15, 0.2) is 6.61 Å². The van der Waals surface area contributed by atoms with E-state index in [4.69, 9.17) is 4.74 Å². The monoisotopic (exact) mass is 375 g/mol. The molecule has 2 aliphatic heterocycles. The highest BCUT2D eigenvalue weighted by atomic mass is 16.5. The van der Waals surface area contributed by atoms with Crippen LogP contribution in [0.4, 0.5) is 5.69 Å². The predicted octanol–water partition coefficient (Wildman–Crippen LogP) is -0.160. The molecule has 0 spiro atoms. The molecule has 2 heterocycles. The summed E-state index contributed by atoms with van der Waals surface area (Å²) in [7, 11) is 1.23. The van der Waals surface area contributed by atoms with Gasteiger partial charge < -0.3 is 25.0 Å². The summed E-state index contributed by atoms with van der Waals surface area (Å²) in [5, 5.41) is 5.42. The number of hydrogen-bond donors (Lipinski definition) is 2. The first-order valence-corrected chi connectivity index (χ1v) is 8.67. The second kappa shape index (κ2) is 8.07. The molecule has 0 saturated carbocycles. The lowest BCUT2D eigenvalue weighted by Crippen LogP contribution is -2.58. The molecule has 0 unspecified atom stereocenters. The lowest BCUT2D eigenvalue weighted by molar-refractivity contribution is -0.151. The van der Waals surface area contributed by atoms with E-state index < -0.39 is 12.0 Å². The van der Waals surface area contributed by atoms with Crippen LogP contribution >= 0.6 is 0 Å². The Hall–Kier alpha value is -3.10. The summed E-state index contributed by atoms with van der Waals surface area (Å²) in [5.74, 6) is -0.850. The van der Waals surface area contributed by atoms with Crippen molar-refractivity contribution in [1.82, 2.24) is 10.2 Å². The summed E-state index contributed by atoms with van der Waals surface area (Å²) in [5.41, 5.74) is 1.69. The zero-order valence-electron chi connectivity index (χ0n) is 14.9. The second-order valence-electron chi connectivity index (χ2n) is 6.33. The Labute approximate surface area is 156 Å². The maximum absolute atomic E-state index is 12.5. The van der Waals surface area contributed by atoms with Crippen molar-refractivity contribution in [3.05, 3.63) is 23.8 Å². The number of nitrogens with zero attached hydrogens (tertiary/aromatic N) is 1. The summed E-state index contributed by atoms with van der Waals surface area (Å²) in [4.78, 5) is 48.8. The quantitative estimate of drug-likeness (QED) is 0.692. The number of anilines is 1. The van der Waals surface area contributed by atoms with Crippen molar-refractivity contribution in [2.45, 2.75) is 25.3 Å². The highest BCUT2D eigenvalue weighted by molar-refractivity contribution is 5.94. The molecule has 1 aromatic rings. The number of methoxy groups -OCH3 is 1. The number of piperazine rings is 1. The van der Waals surface area contributed by atoms with Gasteiger partial charge >= 0.3 is 5.97 Å². The fourth-order valence-corrected chi connectivity index (χ4v) is 3.13. The molecule has 0 radical (unpaired) electrons. The van der Waals surface area contributed by atoms with Gasteiger partial charge in [0.1, 0.15) is 11.8 Å². The van der Waals surface area contributed by atoms with E-state index in [1.165, 1.54) is 12.0 Å². The van der Waals surface area contributed by atoms with Crippen molar-refractivity contribution >= 4 is 29.4 Å². The van der Waals surface area contributed by atoms with Crippen LogP contribution in [0.3, 0.4) is 0 Å². The van der Waals surface area contributed by atoms with Gasteiger partial charge in [-0.2, -0.15) is 0 Å². The molecular formula is C18H21N3O6. The largest absolute Gasteiger partial charge is 0.484 e. The first-order chi connectivity index (χ1) is 13.0. The molecule has 2 aliphatic rings. The number of nitrogens with one attached hydrogen (secondary N) is 2. The van der Waals surface area contributed by atoms with Crippen molar-refractivity contribution in [2.75, 3.05) is 32.1 Å². The standard InChI is InChI=1S/C18H21N3O6/c1-26-17(24)9-14-18(25)19-6-7-21(14)16(23)10-27-12-3-4-13-11(8-12)2-5-15(22)20-13/h3-4,8,14H,2,5-7,9-10H2,1H3,(H,19,25)(H,20,22)/t14-/m1/s1. The second-order valence-corrected chi connectivity index (χ2v) is 6.33. The number of amides is 3. The molecule has 1 aromatic carbocycles. The number of aryl methyl sites for hydroxylation is 1. The average molecular weight is 375 g/mol. The minimum atomic E-state index is -0.902. The summed E-state index contributed by atoms with van der Waals surface area (Å²) in [6.45, 7) is 0.364. The highest BCUT2D eigenvalue weighted by Crippen LogP contribution is 2.26. The smallest absolute Gasteiger partial charge is 0.308 e. The Kier molecular flexibility index (Phi) is 5.58. The topological polar surface area (TPSA) is 114 Å². The van der Waals surface area contributed by atoms with Crippen molar-refractivity contribution in [2.24, 2.45) is 0 Å². The number of fused-ring (bicyclic) bond motifs is 1. The molecule has 1 atom stereocenters. The third-order valence-electron chi connectivity index (χ3n) is 4.57. The van der Waals surface area contributed by atoms with Crippen LogP contribution in [0.1, 0.15) is 18.4 Å². The van der Waals surface area contributed by atoms with Crippen LogP contribution in [0.15, 0.2) is 18.2 Å². The number of esters is 1. The van der Waals surface area contributed by atoms with Crippen LogP contribution in [0, 0.1) is 0 Å². The zero-order chi connectivity index (χ0) is 19.4. The van der Waals surface area contributed by atoms with Gasteiger partial charge in [-0.1, -0.05) is 0 Å². The minimum absolute atomic E-state index is 0.0219. The number of carbonyl (C=O) groups is 4. The van der Waals surface area contributed by atoms with E-state index in [2.05, 4.69) is 15.4 Å². The molecule has 3 rings (SSSR count). The summed E-state index contributed by atoms with van der Waals surface area (Å²) < 4.78 is 10.2. The molecule has 9 nitrogen and oxygen atoms in total. The van der Waals surface area contributed by atoms with Crippen LogP contribution in [0.5, 0.6) is 5.75 Å². The lowest BCUT2D eigenvalue weighted by Gasteiger charge is -2.34. The van der Waals surface area contributed by atoms with E-state index in [1.807, 2.05) is 0 Å². The van der Waals surface area contributed by atoms with E-state index in [-0.39, 0.29) is 30.7 Å². The summed E-state index contributed by atoms with van der Waals surface area (Å²) in [6.07, 6.45) is 0.819. The van der Waals surface area contributed by atoms with Crippen LogP contribution in [0.25, 0.3) is 0 Å². The van der Waals surface area contributed by atoms with Crippen LogP contribution in [-0.4, -0.2) is 61.4 Å². The first kappa shape index (κ1) is 18.7. The Morgan fingerprint density at radius 1 is 1.26 bits per heavy atom. The van der Waals surface area contributed by atoms with Gasteiger partial charge in [0, 0.05) is 25.2 Å². The van der Waals surface area contributed by atoms with Gasteiger partial charge in [-0.25, -0.2) is 0 Å². The Bertz CT molecular complexity index is 778. The molecule has 0 aliphatic carbocycles. The highest BCUT2D eigenvalue weighted by Gasteiger charge is 2.35. The fourth-order valence-electron chi connectivity index (χ4n) is 3.13. The van der Waals surface area contributed by atoms with Crippen molar-refractivity contribution in [1.29, 1.82) is 0 Å². The van der Waals surface area contributed by atoms with Gasteiger partial charge in [-0.05, 0) is 30.2 Å². The van der Waals surface area contributed by atoms with Gasteiger partial charge in [0.25, 0.3) is 5.91 Å². The molecule has 27 heavy (non-hydrogen) atoms. The molecule has 0 aromatic heterocycles. The Balaban J connectivity index is 1.63. The minimum Gasteiger partial charge on any atom is -0.484 e. The van der Waals surface area contributed by atoms with Crippen LogP contribution < -0.4 is 15.4 Å². The lowest BCUT2D eigenvalue weighted by atomic mass is 10.0. The van der Waals surface area contributed by atoms with E-state index >= 15 is 0 Å². The van der Waals surface area contributed by atoms with Crippen molar-refractivity contribution in [3.8, 4) is 5.75 Å². The van der Waals surface area contributed by atoms with Crippen molar-refractivity contribution in [3.63, 3.8) is 0 Å². The Morgan fingerprint density at radius 2 is 2.07 bits per heavy atom. The molecule has 9 heteroatoms. The predicted molar refractivity (Wildman–Crippen MR) is 94.0 cm³/mol. The normalized spacial score (nSPS) is 18.9. The maximum Gasteiger partial charge on any atom is 0.308 e. The third-order valence-corrected chi connectivity index (χ3v) is 4.57. The third kappa shape index (κ3) is 4.36. The summed E-state index contributed by atoms with van der Waals surface area (Å²) in [6, 6.07) is 4.30. The molecule has 3 amide bonds. The van der Waals surface area contributed by atoms with Gasteiger partial charge in [0.2, 0.25) is 11.8 Å². The van der Waals surface area contributed by atoms with Crippen LogP contribution in [-0.2, 0) is 30.3 Å². The number of carbonyl (C=O) groups excluding carboxylic acids is 4. The first-order valence-electron chi connectivity index (χ1n) is 8.67. The molecule has 1 saturated heterocycles. The average Bonchev–Trinajstić information content (AvgIpc) is 2.67. The Morgan fingerprint density at radius 3 is 2.85 bits per heavy atom. The molecular weight excluding hydrogens is 354 g/mol. The number of rotatable bonds is 5. The number of hydrogen-bond acceptors (Lipinski definition) is 6. The fraction of sp³-hybridized carbons (Fsp3) is 0.444. The molecule has 144 valence electrons. The van der Waals surface area contributed by atoms with Crippen LogP contribution in [0.2, 0.25) is 0 Å². The van der Waals surface area contributed by atoms with E-state index in [0.29, 0.717) is 31.7 Å². The van der Waals surface area contributed by atoms with E-state index in [0.717, 1.165) is 11.3 Å². The van der Waals surface area contributed by atoms with E-state index in [9.17, 15) is 19.2 Å². The van der Waals surface area contributed by atoms with Gasteiger partial charge in [0.05, 0.1) is 13.5 Å². The molecule has 2 N–H and O–H groups in total. The molecule has 0 bridgehead atoms. The van der Waals surface area contributed by atoms with Crippen molar-refractivity contribution < 1.29 is 28.7 Å².